The Morgan fingerprint density at radius 1 is 1.20 bits per heavy atom. The summed E-state index contributed by atoms with van der Waals surface area (Å²) in [5, 5.41) is 4.03. The highest BCUT2D eigenvalue weighted by Crippen LogP contribution is 2.32. The molecule has 1 atom stereocenters. The summed E-state index contributed by atoms with van der Waals surface area (Å²) in [6, 6.07) is 12.0. The first-order valence-electron chi connectivity index (χ1n) is 6.49. The number of nitrogens with one attached hydrogen (secondary N) is 1. The third-order valence-corrected chi connectivity index (χ3v) is 3.41. The van der Waals surface area contributed by atoms with Crippen LogP contribution in [0.3, 0.4) is 0 Å². The Morgan fingerprint density at radius 2 is 1.90 bits per heavy atom. The molecule has 0 bridgehead atoms. The van der Waals surface area contributed by atoms with Crippen LogP contribution >= 0.6 is 11.6 Å². The van der Waals surface area contributed by atoms with Crippen LogP contribution in [0, 0.1) is 5.82 Å². The molecule has 0 saturated carbocycles. The van der Waals surface area contributed by atoms with Crippen molar-refractivity contribution in [1.29, 1.82) is 0 Å². The van der Waals surface area contributed by atoms with Gasteiger partial charge in [-0.1, -0.05) is 30.7 Å². The number of halogens is 2. The smallest absolute Gasteiger partial charge is 0.142 e. The molecule has 0 saturated heterocycles. The Balaban J connectivity index is 2.26. The van der Waals surface area contributed by atoms with Crippen molar-refractivity contribution >= 4 is 17.3 Å². The van der Waals surface area contributed by atoms with Crippen molar-refractivity contribution in [2.45, 2.75) is 19.4 Å². The first kappa shape index (κ1) is 14.7. The largest absolute Gasteiger partial charge is 0.495 e. The molecule has 106 valence electrons. The molecule has 0 heterocycles. The molecule has 1 N–H and O–H groups in total. The van der Waals surface area contributed by atoms with Gasteiger partial charge >= 0.3 is 0 Å². The van der Waals surface area contributed by atoms with E-state index in [0.29, 0.717) is 5.02 Å². The van der Waals surface area contributed by atoms with Gasteiger partial charge in [0.15, 0.2) is 0 Å². The van der Waals surface area contributed by atoms with Crippen LogP contribution in [-0.4, -0.2) is 7.11 Å². The number of ether oxygens (including phenoxy) is 1. The van der Waals surface area contributed by atoms with Crippen molar-refractivity contribution in [2.24, 2.45) is 0 Å². The second-order valence-electron chi connectivity index (χ2n) is 4.50. The predicted octanol–water partition coefficient (Wildman–Crippen LogP) is 5.05. The van der Waals surface area contributed by atoms with Crippen LogP contribution in [-0.2, 0) is 0 Å². The van der Waals surface area contributed by atoms with E-state index in [1.54, 1.807) is 25.3 Å². The molecule has 2 aromatic carbocycles. The zero-order valence-electron chi connectivity index (χ0n) is 11.5. The molecule has 20 heavy (non-hydrogen) atoms. The van der Waals surface area contributed by atoms with Gasteiger partial charge in [0.25, 0.3) is 0 Å². The van der Waals surface area contributed by atoms with Crippen molar-refractivity contribution in [2.75, 3.05) is 12.4 Å². The van der Waals surface area contributed by atoms with E-state index >= 15 is 0 Å². The average molecular weight is 294 g/mol. The standard InChI is InChI=1S/C16H17ClFNO/c1-3-14(11-4-7-13(18)8-5-11)19-15-10-12(17)6-9-16(15)20-2/h4-10,14,19H,3H2,1-2H3. The van der Waals surface area contributed by atoms with Crippen LogP contribution in [0.1, 0.15) is 24.9 Å². The summed E-state index contributed by atoms with van der Waals surface area (Å²) in [7, 11) is 1.62. The number of hydrogen-bond acceptors (Lipinski definition) is 2. The fourth-order valence-corrected chi connectivity index (χ4v) is 2.27. The summed E-state index contributed by atoms with van der Waals surface area (Å²) in [5.74, 6) is 0.499. The molecule has 0 fully saturated rings. The zero-order valence-corrected chi connectivity index (χ0v) is 12.2. The minimum Gasteiger partial charge on any atom is -0.495 e. The molecule has 1 unspecified atom stereocenters. The minimum absolute atomic E-state index is 0.0722. The Kier molecular flexibility index (Phi) is 4.85. The molecule has 2 aromatic rings. The van der Waals surface area contributed by atoms with E-state index in [1.807, 2.05) is 12.1 Å². The summed E-state index contributed by atoms with van der Waals surface area (Å²) >= 11 is 6.02. The van der Waals surface area contributed by atoms with E-state index in [2.05, 4.69) is 12.2 Å². The first-order chi connectivity index (χ1) is 9.63. The van der Waals surface area contributed by atoms with Crippen molar-refractivity contribution in [3.8, 4) is 5.75 Å². The molecule has 0 radical (unpaired) electrons. The van der Waals surface area contributed by atoms with Crippen LogP contribution in [0.15, 0.2) is 42.5 Å². The molecule has 0 aliphatic carbocycles. The quantitative estimate of drug-likeness (QED) is 0.833. The predicted molar refractivity (Wildman–Crippen MR) is 81.1 cm³/mol. The monoisotopic (exact) mass is 293 g/mol. The third-order valence-electron chi connectivity index (χ3n) is 3.17. The molecule has 0 aliphatic heterocycles. The summed E-state index contributed by atoms with van der Waals surface area (Å²) in [4.78, 5) is 0. The second kappa shape index (κ2) is 6.62. The molecule has 0 aliphatic rings. The Hall–Kier alpha value is -1.74. The number of methoxy groups -OCH3 is 1. The Bertz CT molecular complexity index is 571. The van der Waals surface area contributed by atoms with Gasteiger partial charge in [-0.25, -0.2) is 4.39 Å². The molecule has 0 aromatic heterocycles. The van der Waals surface area contributed by atoms with Gasteiger partial charge in [-0.05, 0) is 42.3 Å². The average Bonchev–Trinajstić information content (AvgIpc) is 2.46. The SMILES string of the molecule is CCC(Nc1cc(Cl)ccc1OC)c1ccc(F)cc1. The van der Waals surface area contributed by atoms with Crippen LogP contribution in [0.5, 0.6) is 5.75 Å². The van der Waals surface area contributed by atoms with Gasteiger partial charge < -0.3 is 10.1 Å². The van der Waals surface area contributed by atoms with Gasteiger partial charge in [-0.2, -0.15) is 0 Å². The van der Waals surface area contributed by atoms with Crippen molar-refractivity contribution in [3.05, 3.63) is 58.9 Å². The van der Waals surface area contributed by atoms with E-state index < -0.39 is 0 Å². The number of benzene rings is 2. The lowest BCUT2D eigenvalue weighted by Crippen LogP contribution is -2.10. The van der Waals surface area contributed by atoms with Crippen LogP contribution in [0.2, 0.25) is 5.02 Å². The third kappa shape index (κ3) is 3.42. The van der Waals surface area contributed by atoms with E-state index in [0.717, 1.165) is 23.4 Å². The number of rotatable bonds is 5. The molecule has 2 nitrogen and oxygen atoms in total. The molecule has 0 amide bonds. The summed E-state index contributed by atoms with van der Waals surface area (Å²) in [5.41, 5.74) is 1.85. The topological polar surface area (TPSA) is 21.3 Å². The minimum atomic E-state index is -0.232. The van der Waals surface area contributed by atoms with Crippen molar-refractivity contribution in [1.82, 2.24) is 0 Å². The van der Waals surface area contributed by atoms with Crippen LogP contribution < -0.4 is 10.1 Å². The van der Waals surface area contributed by atoms with Crippen LogP contribution in [0.25, 0.3) is 0 Å². The summed E-state index contributed by atoms with van der Waals surface area (Å²) < 4.78 is 18.3. The Labute approximate surface area is 123 Å². The van der Waals surface area contributed by atoms with E-state index in [4.69, 9.17) is 16.3 Å². The van der Waals surface area contributed by atoms with Gasteiger partial charge in [0.1, 0.15) is 11.6 Å². The van der Waals surface area contributed by atoms with Crippen molar-refractivity contribution < 1.29 is 9.13 Å². The van der Waals surface area contributed by atoms with E-state index in [9.17, 15) is 4.39 Å². The summed E-state index contributed by atoms with van der Waals surface area (Å²) in [6.07, 6.45) is 0.862. The maximum atomic E-state index is 13.0. The van der Waals surface area contributed by atoms with Crippen molar-refractivity contribution in [3.63, 3.8) is 0 Å². The van der Waals surface area contributed by atoms with Crippen LogP contribution in [0.4, 0.5) is 10.1 Å². The number of anilines is 1. The maximum absolute atomic E-state index is 13.0. The van der Waals surface area contributed by atoms with Gasteiger partial charge in [0.2, 0.25) is 0 Å². The highest BCUT2D eigenvalue weighted by Gasteiger charge is 2.12. The van der Waals surface area contributed by atoms with Gasteiger partial charge in [0, 0.05) is 5.02 Å². The normalized spacial score (nSPS) is 12.0. The zero-order chi connectivity index (χ0) is 14.5. The molecular weight excluding hydrogens is 277 g/mol. The second-order valence-corrected chi connectivity index (χ2v) is 4.94. The molecule has 4 heteroatoms. The highest BCUT2D eigenvalue weighted by atomic mass is 35.5. The van der Waals surface area contributed by atoms with E-state index in [-0.39, 0.29) is 11.9 Å². The molecule has 2 rings (SSSR count). The first-order valence-corrected chi connectivity index (χ1v) is 6.87. The Morgan fingerprint density at radius 3 is 2.50 bits per heavy atom. The van der Waals surface area contributed by atoms with Gasteiger partial charge in [0.05, 0.1) is 18.8 Å². The molecule has 0 spiro atoms. The lowest BCUT2D eigenvalue weighted by atomic mass is 10.0. The molecular formula is C16H17ClFNO. The highest BCUT2D eigenvalue weighted by molar-refractivity contribution is 6.30. The fraction of sp³-hybridized carbons (Fsp3) is 0.250. The fourth-order valence-electron chi connectivity index (χ4n) is 2.10. The van der Waals surface area contributed by atoms with Gasteiger partial charge in [-0.3, -0.25) is 0 Å². The maximum Gasteiger partial charge on any atom is 0.142 e. The lowest BCUT2D eigenvalue weighted by Gasteiger charge is -2.20. The summed E-state index contributed by atoms with van der Waals surface area (Å²) in [6.45, 7) is 2.07. The van der Waals surface area contributed by atoms with E-state index in [1.165, 1.54) is 12.1 Å². The lowest BCUT2D eigenvalue weighted by molar-refractivity contribution is 0.416. The van der Waals surface area contributed by atoms with Gasteiger partial charge in [-0.15, -0.1) is 0 Å². The number of hydrogen-bond donors (Lipinski definition) is 1.